The zero-order chi connectivity index (χ0) is 17.8. The van der Waals surface area contributed by atoms with Gasteiger partial charge in [0.25, 0.3) is 0 Å². The van der Waals surface area contributed by atoms with Crippen LogP contribution in [0.2, 0.25) is 10.0 Å². The van der Waals surface area contributed by atoms with Crippen LogP contribution in [-0.4, -0.2) is 9.97 Å². The Bertz CT molecular complexity index is 882. The predicted octanol–water partition coefficient (Wildman–Crippen LogP) is 5.59. The molecule has 4 nitrogen and oxygen atoms in total. The molecule has 1 aromatic heterocycles. The van der Waals surface area contributed by atoms with Gasteiger partial charge in [0.15, 0.2) is 0 Å². The quantitative estimate of drug-likeness (QED) is 0.609. The van der Waals surface area contributed by atoms with Gasteiger partial charge in [0.2, 0.25) is 5.95 Å². The first kappa shape index (κ1) is 17.5. The Kier molecular flexibility index (Phi) is 5.36. The topological polar surface area (TPSA) is 49.8 Å². The molecule has 0 saturated carbocycles. The number of hydrogen-bond donors (Lipinski definition) is 2. The molecule has 0 aliphatic heterocycles. The number of halogens is 3. The maximum absolute atomic E-state index is 13.7. The molecule has 25 heavy (non-hydrogen) atoms. The lowest BCUT2D eigenvalue weighted by atomic mass is 10.2. The van der Waals surface area contributed by atoms with Gasteiger partial charge >= 0.3 is 0 Å². The average molecular weight is 377 g/mol. The Morgan fingerprint density at radius 1 is 1.00 bits per heavy atom. The third kappa shape index (κ3) is 4.38. The number of hydrogen-bond acceptors (Lipinski definition) is 4. The molecule has 0 saturated heterocycles. The van der Waals surface area contributed by atoms with Crippen LogP contribution in [0.25, 0.3) is 0 Å². The van der Waals surface area contributed by atoms with Gasteiger partial charge in [-0.1, -0.05) is 47.5 Å². The van der Waals surface area contributed by atoms with Crippen LogP contribution in [0.4, 0.5) is 21.8 Å². The summed E-state index contributed by atoms with van der Waals surface area (Å²) in [6.07, 6.45) is 0. The molecule has 0 atom stereocenters. The summed E-state index contributed by atoms with van der Waals surface area (Å²) in [5.41, 5.74) is 1.84. The van der Waals surface area contributed by atoms with Gasteiger partial charge < -0.3 is 10.6 Å². The molecule has 0 spiro atoms. The van der Waals surface area contributed by atoms with Crippen LogP contribution in [0, 0.1) is 12.7 Å². The van der Waals surface area contributed by atoms with E-state index in [2.05, 4.69) is 20.6 Å². The van der Waals surface area contributed by atoms with E-state index in [0.717, 1.165) is 5.69 Å². The van der Waals surface area contributed by atoms with Crippen LogP contribution >= 0.6 is 23.2 Å². The monoisotopic (exact) mass is 376 g/mol. The Morgan fingerprint density at radius 3 is 2.44 bits per heavy atom. The molecule has 1 heterocycles. The maximum Gasteiger partial charge on any atom is 0.229 e. The van der Waals surface area contributed by atoms with Crippen molar-refractivity contribution in [1.82, 2.24) is 9.97 Å². The van der Waals surface area contributed by atoms with Crippen molar-refractivity contribution in [1.29, 1.82) is 0 Å². The SMILES string of the molecule is Cc1cc(NCc2ccccc2F)nc(Nc2c(Cl)cccc2Cl)n1. The third-order valence-corrected chi connectivity index (χ3v) is 4.10. The van der Waals surface area contributed by atoms with Crippen molar-refractivity contribution >= 4 is 40.7 Å². The number of benzene rings is 2. The summed E-state index contributed by atoms with van der Waals surface area (Å²) in [6, 6.07) is 13.6. The van der Waals surface area contributed by atoms with Crippen LogP contribution < -0.4 is 10.6 Å². The van der Waals surface area contributed by atoms with Gasteiger partial charge in [-0.25, -0.2) is 9.37 Å². The standard InChI is InChI=1S/C18H15Cl2FN4/c1-11-9-16(22-10-12-5-2-3-8-15(12)21)24-18(23-11)25-17-13(19)6-4-7-14(17)20/h2-9H,10H2,1H3,(H2,22,23,24,25). The lowest BCUT2D eigenvalue weighted by Gasteiger charge is -2.12. The molecule has 3 rings (SSSR count). The van der Waals surface area contributed by atoms with E-state index in [9.17, 15) is 4.39 Å². The number of anilines is 3. The van der Waals surface area contributed by atoms with Gasteiger partial charge in [0, 0.05) is 23.9 Å². The second-order valence-corrected chi connectivity index (χ2v) is 6.20. The van der Waals surface area contributed by atoms with Crippen molar-refractivity contribution in [2.45, 2.75) is 13.5 Å². The molecule has 0 bridgehead atoms. The van der Waals surface area contributed by atoms with E-state index in [1.807, 2.05) is 6.92 Å². The average Bonchev–Trinajstić information content (AvgIpc) is 2.57. The first-order chi connectivity index (χ1) is 12.0. The molecule has 0 amide bonds. The van der Waals surface area contributed by atoms with E-state index in [1.165, 1.54) is 6.07 Å². The van der Waals surface area contributed by atoms with Crippen LogP contribution in [0.3, 0.4) is 0 Å². The number of para-hydroxylation sites is 1. The van der Waals surface area contributed by atoms with E-state index in [1.54, 1.807) is 42.5 Å². The number of rotatable bonds is 5. The minimum absolute atomic E-state index is 0.262. The minimum Gasteiger partial charge on any atom is -0.366 e. The predicted molar refractivity (Wildman–Crippen MR) is 100 cm³/mol. The van der Waals surface area contributed by atoms with Gasteiger partial charge in [0.1, 0.15) is 11.6 Å². The van der Waals surface area contributed by atoms with E-state index in [4.69, 9.17) is 23.2 Å². The largest absolute Gasteiger partial charge is 0.366 e. The zero-order valence-electron chi connectivity index (χ0n) is 13.4. The summed E-state index contributed by atoms with van der Waals surface area (Å²) in [7, 11) is 0. The van der Waals surface area contributed by atoms with Gasteiger partial charge in [-0.15, -0.1) is 0 Å². The highest BCUT2D eigenvalue weighted by Crippen LogP contribution is 2.31. The zero-order valence-corrected chi connectivity index (χ0v) is 14.9. The second-order valence-electron chi connectivity index (χ2n) is 5.38. The molecule has 0 aliphatic carbocycles. The van der Waals surface area contributed by atoms with Crippen molar-refractivity contribution in [2.24, 2.45) is 0 Å². The second kappa shape index (κ2) is 7.68. The summed E-state index contributed by atoms with van der Waals surface area (Å²) in [5.74, 6) is 0.662. The molecule has 3 aromatic rings. The smallest absolute Gasteiger partial charge is 0.229 e. The highest BCUT2D eigenvalue weighted by Gasteiger charge is 2.09. The first-order valence-corrected chi connectivity index (χ1v) is 8.32. The molecule has 128 valence electrons. The van der Waals surface area contributed by atoms with Crippen LogP contribution in [0.5, 0.6) is 0 Å². The van der Waals surface area contributed by atoms with Crippen molar-refractivity contribution in [3.8, 4) is 0 Å². The molecule has 7 heteroatoms. The minimum atomic E-state index is -0.262. The molecular formula is C18H15Cl2FN4. The molecule has 2 N–H and O–H groups in total. The van der Waals surface area contributed by atoms with Gasteiger partial charge in [-0.2, -0.15) is 4.98 Å². The maximum atomic E-state index is 13.7. The van der Waals surface area contributed by atoms with Gasteiger partial charge in [0.05, 0.1) is 15.7 Å². The van der Waals surface area contributed by atoms with E-state index in [-0.39, 0.29) is 5.82 Å². The van der Waals surface area contributed by atoms with Crippen LogP contribution in [-0.2, 0) is 6.54 Å². The molecule has 2 aromatic carbocycles. The van der Waals surface area contributed by atoms with E-state index in [0.29, 0.717) is 39.6 Å². The lowest BCUT2D eigenvalue weighted by molar-refractivity contribution is 0.613. The fourth-order valence-corrected chi connectivity index (χ4v) is 2.76. The van der Waals surface area contributed by atoms with Crippen molar-refractivity contribution in [3.05, 3.63) is 75.7 Å². The summed E-state index contributed by atoms with van der Waals surface area (Å²) in [4.78, 5) is 8.71. The molecule has 0 aliphatic rings. The summed E-state index contributed by atoms with van der Waals surface area (Å²) in [5, 5.41) is 7.07. The highest BCUT2D eigenvalue weighted by atomic mass is 35.5. The summed E-state index contributed by atoms with van der Waals surface area (Å²) in [6.45, 7) is 2.16. The number of nitrogens with zero attached hydrogens (tertiary/aromatic N) is 2. The lowest BCUT2D eigenvalue weighted by Crippen LogP contribution is -2.07. The van der Waals surface area contributed by atoms with Crippen LogP contribution in [0.15, 0.2) is 48.5 Å². The fraction of sp³-hybridized carbons (Fsp3) is 0.111. The van der Waals surface area contributed by atoms with Gasteiger partial charge in [-0.05, 0) is 25.1 Å². The molecule has 0 fully saturated rings. The molecular weight excluding hydrogens is 362 g/mol. The molecule has 0 radical (unpaired) electrons. The van der Waals surface area contributed by atoms with E-state index < -0.39 is 0 Å². The number of nitrogens with one attached hydrogen (secondary N) is 2. The van der Waals surface area contributed by atoms with Crippen molar-refractivity contribution in [3.63, 3.8) is 0 Å². The highest BCUT2D eigenvalue weighted by molar-refractivity contribution is 6.39. The van der Waals surface area contributed by atoms with Gasteiger partial charge in [-0.3, -0.25) is 0 Å². The summed E-state index contributed by atoms with van der Waals surface area (Å²) < 4.78 is 13.7. The molecule has 0 unspecified atom stereocenters. The number of aryl methyl sites for hydroxylation is 1. The van der Waals surface area contributed by atoms with Crippen LogP contribution in [0.1, 0.15) is 11.3 Å². The Hall–Kier alpha value is -2.37. The first-order valence-electron chi connectivity index (χ1n) is 7.57. The summed E-state index contributed by atoms with van der Waals surface area (Å²) >= 11 is 12.3. The Balaban J connectivity index is 1.80. The van der Waals surface area contributed by atoms with Crippen molar-refractivity contribution in [2.75, 3.05) is 10.6 Å². The fourth-order valence-electron chi connectivity index (χ4n) is 2.27. The third-order valence-electron chi connectivity index (χ3n) is 3.47. The normalized spacial score (nSPS) is 10.6. The van der Waals surface area contributed by atoms with E-state index >= 15 is 0 Å². The Morgan fingerprint density at radius 2 is 1.72 bits per heavy atom. The number of aromatic nitrogens is 2. The Labute approximate surface area is 155 Å². The van der Waals surface area contributed by atoms with Crippen molar-refractivity contribution < 1.29 is 4.39 Å².